The monoisotopic (exact) mass is 388 g/mol. The number of carbonyl (C=O) groups excluding carboxylic acids is 1. The van der Waals surface area contributed by atoms with Crippen molar-refractivity contribution in [2.24, 2.45) is 40.4 Å². The van der Waals surface area contributed by atoms with Crippen molar-refractivity contribution >= 4 is 11.9 Å². The second-order valence-electron chi connectivity index (χ2n) is 10.7. The van der Waals surface area contributed by atoms with Gasteiger partial charge in [-0.1, -0.05) is 26.0 Å². The number of carbonyl (C=O) groups is 2. The van der Waals surface area contributed by atoms with Gasteiger partial charge in [-0.05, 0) is 91.8 Å². The lowest BCUT2D eigenvalue weighted by molar-refractivity contribution is -0.158. The van der Waals surface area contributed by atoms with Gasteiger partial charge in [0.1, 0.15) is 6.10 Å². The zero-order valence-corrected chi connectivity index (χ0v) is 17.7. The van der Waals surface area contributed by atoms with Gasteiger partial charge >= 0.3 is 11.9 Å². The van der Waals surface area contributed by atoms with Crippen LogP contribution in [0.25, 0.3) is 0 Å². The Kier molecular flexibility index (Phi) is 4.91. The van der Waals surface area contributed by atoms with E-state index >= 15 is 0 Å². The highest BCUT2D eigenvalue weighted by molar-refractivity contribution is 5.68. The molecule has 0 aromatic heterocycles. The van der Waals surface area contributed by atoms with Crippen molar-refractivity contribution in [1.29, 1.82) is 0 Å². The summed E-state index contributed by atoms with van der Waals surface area (Å²) in [7, 11) is 0. The van der Waals surface area contributed by atoms with Gasteiger partial charge in [0.05, 0.1) is 6.42 Å². The van der Waals surface area contributed by atoms with Crippen LogP contribution in [-0.2, 0) is 14.3 Å². The molecule has 0 radical (unpaired) electrons. The number of rotatable bonds is 3. The Bertz CT molecular complexity index is 684. The molecule has 0 aliphatic heterocycles. The number of allylic oxidation sites excluding steroid dienone is 1. The van der Waals surface area contributed by atoms with E-state index in [0.29, 0.717) is 23.2 Å². The summed E-state index contributed by atoms with van der Waals surface area (Å²) in [5.41, 5.74) is 1.68. The number of aliphatic carboxylic acids is 1. The van der Waals surface area contributed by atoms with Gasteiger partial charge < -0.3 is 9.84 Å². The molecule has 0 aromatic carbocycles. The lowest BCUT2D eigenvalue weighted by atomic mass is 9.45. The minimum absolute atomic E-state index is 0.104. The number of carboxylic acid groups (broad SMARTS) is 1. The van der Waals surface area contributed by atoms with Crippen molar-refractivity contribution in [1.82, 2.24) is 0 Å². The first-order valence-corrected chi connectivity index (χ1v) is 11.2. The summed E-state index contributed by atoms with van der Waals surface area (Å²) >= 11 is 0. The standard InChI is InChI=1S/C24H36O4/c1-14-16(12-22(26)27)11-21-19-6-5-17-13-18(28-15(2)25)7-9-24(17,4)20(19)8-10-23(14,21)3/h16-21H,1,5-13H2,2-4H3,(H,26,27)/t16?,17-,18-,19?,20?,21?,23-,24+/m1/s1. The van der Waals surface area contributed by atoms with E-state index in [0.717, 1.165) is 38.0 Å². The fourth-order valence-corrected chi connectivity index (χ4v) is 8.05. The molecule has 4 nitrogen and oxygen atoms in total. The first-order chi connectivity index (χ1) is 13.1. The molecule has 4 aliphatic carbocycles. The summed E-state index contributed by atoms with van der Waals surface area (Å²) in [4.78, 5) is 22.8. The number of carboxylic acids is 1. The number of hydrogen-bond acceptors (Lipinski definition) is 3. The second kappa shape index (κ2) is 6.88. The largest absolute Gasteiger partial charge is 0.481 e. The second-order valence-corrected chi connectivity index (χ2v) is 10.7. The maximum Gasteiger partial charge on any atom is 0.303 e. The molecule has 4 heteroatoms. The Hall–Kier alpha value is -1.32. The Morgan fingerprint density at radius 1 is 1.11 bits per heavy atom. The third-order valence-electron chi connectivity index (χ3n) is 9.53. The molecule has 0 bridgehead atoms. The Balaban J connectivity index is 1.54. The Morgan fingerprint density at radius 3 is 2.54 bits per heavy atom. The van der Waals surface area contributed by atoms with Crippen LogP contribution in [0.5, 0.6) is 0 Å². The third-order valence-corrected chi connectivity index (χ3v) is 9.53. The molecule has 8 atom stereocenters. The summed E-state index contributed by atoms with van der Waals surface area (Å²) < 4.78 is 5.57. The van der Waals surface area contributed by atoms with E-state index in [1.165, 1.54) is 31.8 Å². The quantitative estimate of drug-likeness (QED) is 0.532. The minimum atomic E-state index is -0.690. The topological polar surface area (TPSA) is 63.6 Å². The van der Waals surface area contributed by atoms with E-state index in [1.807, 2.05) is 0 Å². The van der Waals surface area contributed by atoms with Gasteiger partial charge in [-0.25, -0.2) is 0 Å². The van der Waals surface area contributed by atoms with Crippen LogP contribution in [0.15, 0.2) is 12.2 Å². The van der Waals surface area contributed by atoms with Crippen molar-refractivity contribution in [3.05, 3.63) is 12.2 Å². The van der Waals surface area contributed by atoms with Crippen molar-refractivity contribution < 1.29 is 19.4 Å². The number of fused-ring (bicyclic) bond motifs is 5. The van der Waals surface area contributed by atoms with E-state index < -0.39 is 5.97 Å². The van der Waals surface area contributed by atoms with Crippen LogP contribution < -0.4 is 0 Å². The van der Waals surface area contributed by atoms with E-state index in [1.54, 1.807) is 0 Å². The zero-order valence-electron chi connectivity index (χ0n) is 17.7. The van der Waals surface area contributed by atoms with E-state index in [2.05, 4.69) is 20.4 Å². The first-order valence-electron chi connectivity index (χ1n) is 11.2. The lowest BCUT2D eigenvalue weighted by Gasteiger charge is -2.60. The average molecular weight is 389 g/mol. The summed E-state index contributed by atoms with van der Waals surface area (Å²) in [6.07, 6.45) is 9.38. The molecule has 0 amide bonds. The predicted octanol–water partition coefficient (Wildman–Crippen LogP) is 5.22. The fourth-order valence-electron chi connectivity index (χ4n) is 8.05. The van der Waals surface area contributed by atoms with Gasteiger partial charge in [-0.3, -0.25) is 9.59 Å². The number of esters is 1. The van der Waals surface area contributed by atoms with Crippen molar-refractivity contribution in [2.75, 3.05) is 0 Å². The van der Waals surface area contributed by atoms with E-state index in [9.17, 15) is 14.7 Å². The van der Waals surface area contributed by atoms with Crippen molar-refractivity contribution in [3.8, 4) is 0 Å². The molecular formula is C24H36O4. The SMILES string of the molecule is C=C1C(CC(=O)O)CC2C3CC[C@@H]4C[C@H](OC(C)=O)CC[C@]4(C)C3CC[C@]12C. The highest BCUT2D eigenvalue weighted by Gasteiger charge is 2.60. The van der Waals surface area contributed by atoms with Gasteiger partial charge in [0.25, 0.3) is 0 Å². The minimum Gasteiger partial charge on any atom is -0.481 e. The van der Waals surface area contributed by atoms with Crippen LogP contribution in [0.2, 0.25) is 0 Å². The van der Waals surface area contributed by atoms with E-state index in [-0.39, 0.29) is 29.8 Å². The van der Waals surface area contributed by atoms with Crippen LogP contribution in [-0.4, -0.2) is 23.1 Å². The van der Waals surface area contributed by atoms with Crippen molar-refractivity contribution in [2.45, 2.75) is 84.7 Å². The van der Waals surface area contributed by atoms with Crippen LogP contribution >= 0.6 is 0 Å². The summed E-state index contributed by atoms with van der Waals surface area (Å²) in [5.74, 6) is 1.97. The molecule has 4 fully saturated rings. The van der Waals surface area contributed by atoms with Crippen LogP contribution in [0.1, 0.15) is 78.6 Å². The van der Waals surface area contributed by atoms with Gasteiger partial charge in [0.2, 0.25) is 0 Å². The molecule has 4 aliphatic rings. The number of hydrogen-bond donors (Lipinski definition) is 1. The summed E-state index contributed by atoms with van der Waals surface area (Å²) in [6, 6.07) is 0. The van der Waals surface area contributed by atoms with Gasteiger partial charge in [0, 0.05) is 6.92 Å². The molecule has 4 saturated carbocycles. The number of ether oxygens (including phenoxy) is 1. The highest BCUT2D eigenvalue weighted by Crippen LogP contribution is 2.68. The van der Waals surface area contributed by atoms with Crippen LogP contribution in [0, 0.1) is 40.4 Å². The Labute approximate surface area is 169 Å². The molecule has 4 rings (SSSR count). The maximum atomic E-state index is 11.4. The van der Waals surface area contributed by atoms with Gasteiger partial charge in [-0.15, -0.1) is 0 Å². The average Bonchev–Trinajstić information content (AvgIpc) is 2.86. The lowest BCUT2D eigenvalue weighted by Crippen LogP contribution is -2.53. The highest BCUT2D eigenvalue weighted by atomic mass is 16.5. The maximum absolute atomic E-state index is 11.4. The van der Waals surface area contributed by atoms with Crippen LogP contribution in [0.4, 0.5) is 0 Å². The molecule has 0 spiro atoms. The van der Waals surface area contributed by atoms with E-state index in [4.69, 9.17) is 4.74 Å². The molecule has 1 N–H and O–H groups in total. The normalized spacial score (nSPS) is 47.6. The smallest absolute Gasteiger partial charge is 0.303 e. The first kappa shape index (κ1) is 20.0. The Morgan fingerprint density at radius 2 is 1.86 bits per heavy atom. The third kappa shape index (κ3) is 3.02. The molecule has 156 valence electrons. The van der Waals surface area contributed by atoms with Crippen LogP contribution in [0.3, 0.4) is 0 Å². The molecule has 0 saturated heterocycles. The molecule has 0 heterocycles. The molecule has 0 aromatic rings. The molecular weight excluding hydrogens is 352 g/mol. The predicted molar refractivity (Wildman–Crippen MR) is 108 cm³/mol. The molecule has 28 heavy (non-hydrogen) atoms. The zero-order chi connectivity index (χ0) is 20.3. The van der Waals surface area contributed by atoms with Gasteiger partial charge in [-0.2, -0.15) is 0 Å². The van der Waals surface area contributed by atoms with Gasteiger partial charge in [0.15, 0.2) is 0 Å². The summed E-state index contributed by atoms with van der Waals surface area (Å²) in [6.45, 7) is 10.8. The fraction of sp³-hybridized carbons (Fsp3) is 0.833. The van der Waals surface area contributed by atoms with Crippen molar-refractivity contribution in [3.63, 3.8) is 0 Å². The summed E-state index contributed by atoms with van der Waals surface area (Å²) in [5, 5.41) is 9.35. The molecule has 4 unspecified atom stereocenters.